The van der Waals surface area contributed by atoms with Crippen molar-refractivity contribution in [1.82, 2.24) is 9.88 Å². The van der Waals surface area contributed by atoms with Crippen LogP contribution in [0, 0.1) is 5.82 Å². The van der Waals surface area contributed by atoms with E-state index in [1.165, 1.54) is 12.1 Å². The number of fused-ring (bicyclic) bond motifs is 1. The van der Waals surface area contributed by atoms with E-state index in [1.54, 1.807) is 12.3 Å². The second-order valence-corrected chi connectivity index (χ2v) is 8.27. The Labute approximate surface area is 179 Å². The van der Waals surface area contributed by atoms with Crippen molar-refractivity contribution in [2.75, 3.05) is 36.5 Å². The van der Waals surface area contributed by atoms with Crippen LogP contribution in [-0.4, -0.2) is 47.0 Å². The molecule has 1 fully saturated rings. The maximum atomic E-state index is 14.0. The first-order valence-corrected chi connectivity index (χ1v) is 11.2. The van der Waals surface area contributed by atoms with Crippen LogP contribution in [0.5, 0.6) is 5.75 Å². The molecule has 1 aliphatic heterocycles. The van der Waals surface area contributed by atoms with Gasteiger partial charge in [-0.05, 0) is 42.8 Å². The molecule has 0 atom stereocenters. The average molecular weight is 426 g/mol. The Morgan fingerprint density at radius 2 is 1.97 bits per heavy atom. The van der Waals surface area contributed by atoms with Crippen LogP contribution >= 0.6 is 11.8 Å². The van der Waals surface area contributed by atoms with Crippen molar-refractivity contribution in [2.24, 2.45) is 0 Å². The summed E-state index contributed by atoms with van der Waals surface area (Å²) in [5.74, 6) is 2.25. The molecule has 3 aromatic rings. The van der Waals surface area contributed by atoms with Gasteiger partial charge in [-0.3, -0.25) is 9.78 Å². The third-order valence-electron chi connectivity index (χ3n) is 5.06. The van der Waals surface area contributed by atoms with E-state index in [1.807, 2.05) is 47.9 Å². The molecule has 1 aliphatic rings. The molecule has 156 valence electrons. The molecule has 30 heavy (non-hydrogen) atoms. The van der Waals surface area contributed by atoms with Gasteiger partial charge in [0.1, 0.15) is 11.6 Å². The van der Waals surface area contributed by atoms with Gasteiger partial charge in [-0.2, -0.15) is 11.8 Å². The lowest BCUT2D eigenvalue weighted by atomic mass is 10.1. The number of thioether (sulfide) groups is 1. The first kappa shape index (κ1) is 20.5. The Balaban J connectivity index is 1.66. The molecule has 2 heterocycles. The quantitative estimate of drug-likeness (QED) is 0.627. The van der Waals surface area contributed by atoms with Crippen molar-refractivity contribution in [2.45, 2.75) is 13.5 Å². The van der Waals surface area contributed by atoms with Crippen molar-refractivity contribution >= 4 is 34.3 Å². The van der Waals surface area contributed by atoms with E-state index in [-0.39, 0.29) is 11.7 Å². The summed E-state index contributed by atoms with van der Waals surface area (Å²) in [6.07, 6.45) is 1.60. The predicted molar refractivity (Wildman–Crippen MR) is 120 cm³/mol. The highest BCUT2D eigenvalue weighted by molar-refractivity contribution is 7.99. The van der Waals surface area contributed by atoms with Gasteiger partial charge in [0.25, 0.3) is 5.91 Å². The molecule has 1 N–H and O–H groups in total. The topological polar surface area (TPSA) is 54.5 Å². The lowest BCUT2D eigenvalue weighted by molar-refractivity contribution is 0.0773. The van der Waals surface area contributed by atoms with Crippen molar-refractivity contribution in [3.63, 3.8) is 0 Å². The van der Waals surface area contributed by atoms with Crippen LogP contribution < -0.4 is 10.1 Å². The first-order valence-electron chi connectivity index (χ1n) is 10.1. The van der Waals surface area contributed by atoms with E-state index in [4.69, 9.17) is 4.74 Å². The molecule has 7 heteroatoms. The number of aromatic nitrogens is 1. The largest absolute Gasteiger partial charge is 0.494 e. The van der Waals surface area contributed by atoms with Gasteiger partial charge in [-0.25, -0.2) is 4.39 Å². The number of carbonyl (C=O) groups is 1. The number of amides is 1. The molecule has 5 nitrogen and oxygen atoms in total. The number of benzene rings is 2. The molecule has 0 radical (unpaired) electrons. The number of pyridine rings is 1. The summed E-state index contributed by atoms with van der Waals surface area (Å²) in [5, 5.41) is 3.98. The Morgan fingerprint density at radius 3 is 2.70 bits per heavy atom. The lowest BCUT2D eigenvalue weighted by Gasteiger charge is -2.27. The van der Waals surface area contributed by atoms with Crippen LogP contribution in [0.4, 0.5) is 10.1 Å². The molecule has 2 aromatic carbocycles. The van der Waals surface area contributed by atoms with E-state index in [0.29, 0.717) is 48.4 Å². The van der Waals surface area contributed by atoms with Gasteiger partial charge in [0.05, 0.1) is 23.4 Å². The summed E-state index contributed by atoms with van der Waals surface area (Å²) in [6.45, 7) is 4.49. The van der Waals surface area contributed by atoms with Gasteiger partial charge in [-0.1, -0.05) is 12.1 Å². The summed E-state index contributed by atoms with van der Waals surface area (Å²) < 4.78 is 19.5. The SMILES string of the molecule is CCOc1ccc(CNc2c(C(=O)N3CCSCC3)cnc3ccc(F)cc23)cc1. The number of ether oxygens (including phenoxy) is 1. The molecule has 1 amide bonds. The Kier molecular flexibility index (Phi) is 6.38. The number of hydrogen-bond donors (Lipinski definition) is 1. The van der Waals surface area contributed by atoms with Crippen LogP contribution in [-0.2, 0) is 6.54 Å². The fraction of sp³-hybridized carbons (Fsp3) is 0.304. The first-order chi connectivity index (χ1) is 14.7. The number of hydrogen-bond acceptors (Lipinski definition) is 5. The maximum absolute atomic E-state index is 14.0. The Hall–Kier alpha value is -2.80. The standard InChI is InChI=1S/C23H24FN3O2S/c1-2-29-18-6-3-16(4-7-18)14-26-22-19-13-17(24)5-8-21(19)25-15-20(22)23(28)27-9-11-30-12-10-27/h3-8,13,15H,2,9-12,14H2,1H3,(H,25,26). The summed E-state index contributed by atoms with van der Waals surface area (Å²) in [4.78, 5) is 19.5. The molecule has 0 saturated carbocycles. The number of nitrogens with one attached hydrogen (secondary N) is 1. The molecular weight excluding hydrogens is 401 g/mol. The normalized spacial score (nSPS) is 14.0. The molecule has 4 rings (SSSR count). The number of anilines is 1. The summed E-state index contributed by atoms with van der Waals surface area (Å²) in [5.41, 5.74) is 2.78. The molecule has 0 spiro atoms. The van der Waals surface area contributed by atoms with Crippen LogP contribution in [0.25, 0.3) is 10.9 Å². The summed E-state index contributed by atoms with van der Waals surface area (Å²) in [6, 6.07) is 12.3. The predicted octanol–water partition coefficient (Wildman–Crippen LogP) is 4.57. The second kappa shape index (κ2) is 9.34. The Bertz CT molecular complexity index is 1040. The molecule has 0 aliphatic carbocycles. The van der Waals surface area contributed by atoms with Gasteiger partial charge >= 0.3 is 0 Å². The number of carbonyl (C=O) groups excluding carboxylic acids is 1. The van der Waals surface area contributed by atoms with E-state index < -0.39 is 0 Å². The zero-order valence-electron chi connectivity index (χ0n) is 16.9. The van der Waals surface area contributed by atoms with Crippen LogP contribution in [0.15, 0.2) is 48.7 Å². The third-order valence-corrected chi connectivity index (χ3v) is 6.00. The molecule has 1 saturated heterocycles. The highest BCUT2D eigenvalue weighted by Crippen LogP contribution is 2.29. The fourth-order valence-corrected chi connectivity index (χ4v) is 4.42. The highest BCUT2D eigenvalue weighted by atomic mass is 32.2. The maximum Gasteiger partial charge on any atom is 0.257 e. The van der Waals surface area contributed by atoms with Crippen molar-refractivity contribution < 1.29 is 13.9 Å². The van der Waals surface area contributed by atoms with Crippen LogP contribution in [0.2, 0.25) is 0 Å². The van der Waals surface area contributed by atoms with Crippen molar-refractivity contribution in [3.8, 4) is 5.75 Å². The van der Waals surface area contributed by atoms with E-state index in [9.17, 15) is 9.18 Å². The highest BCUT2D eigenvalue weighted by Gasteiger charge is 2.23. The minimum Gasteiger partial charge on any atom is -0.494 e. The molecule has 0 unspecified atom stereocenters. The smallest absolute Gasteiger partial charge is 0.257 e. The molecule has 1 aromatic heterocycles. The van der Waals surface area contributed by atoms with Crippen LogP contribution in [0.1, 0.15) is 22.8 Å². The molecule has 0 bridgehead atoms. The van der Waals surface area contributed by atoms with Crippen LogP contribution in [0.3, 0.4) is 0 Å². The van der Waals surface area contributed by atoms with E-state index >= 15 is 0 Å². The van der Waals surface area contributed by atoms with Gasteiger partial charge in [0.15, 0.2) is 0 Å². The fourth-order valence-electron chi connectivity index (χ4n) is 3.51. The van der Waals surface area contributed by atoms with Gasteiger partial charge in [0.2, 0.25) is 0 Å². The van der Waals surface area contributed by atoms with Gasteiger partial charge < -0.3 is 15.0 Å². The lowest BCUT2D eigenvalue weighted by Crippen LogP contribution is -2.38. The zero-order valence-corrected chi connectivity index (χ0v) is 17.7. The van der Waals surface area contributed by atoms with Crippen molar-refractivity contribution in [1.29, 1.82) is 0 Å². The Morgan fingerprint density at radius 1 is 1.20 bits per heavy atom. The van der Waals surface area contributed by atoms with Crippen molar-refractivity contribution in [3.05, 3.63) is 65.6 Å². The molecular formula is C23H24FN3O2S. The van der Waals surface area contributed by atoms with E-state index in [0.717, 1.165) is 22.8 Å². The number of nitrogens with zero attached hydrogens (tertiary/aromatic N) is 2. The third kappa shape index (κ3) is 4.51. The minimum absolute atomic E-state index is 0.0665. The number of rotatable bonds is 6. The summed E-state index contributed by atoms with van der Waals surface area (Å²) in [7, 11) is 0. The monoisotopic (exact) mass is 425 g/mol. The zero-order chi connectivity index (χ0) is 20.9. The van der Waals surface area contributed by atoms with Gasteiger partial charge in [0, 0.05) is 42.7 Å². The minimum atomic E-state index is -0.354. The van der Waals surface area contributed by atoms with E-state index in [2.05, 4.69) is 10.3 Å². The summed E-state index contributed by atoms with van der Waals surface area (Å²) >= 11 is 1.85. The van der Waals surface area contributed by atoms with Gasteiger partial charge in [-0.15, -0.1) is 0 Å². The average Bonchev–Trinajstić information content (AvgIpc) is 2.78. The number of halogens is 1. The second-order valence-electron chi connectivity index (χ2n) is 7.04.